The summed E-state index contributed by atoms with van der Waals surface area (Å²) < 4.78 is 7.25. The first-order chi connectivity index (χ1) is 34.7. The molecule has 1 aromatic heterocycles. The van der Waals surface area contributed by atoms with Crippen molar-refractivity contribution in [3.8, 4) is 44.5 Å². The minimum absolute atomic E-state index is 0.850. The second-order valence-electron chi connectivity index (χ2n) is 18.5. The number of rotatable bonds is 7. The molecule has 0 radical (unpaired) electrons. The van der Waals surface area contributed by atoms with Crippen molar-refractivity contribution in [3.63, 3.8) is 0 Å². The summed E-state index contributed by atoms with van der Waals surface area (Å²) in [5.74, 6) is 0. The molecule has 70 heavy (non-hydrogen) atoms. The fraction of sp³-hybridized carbons (Fsp3) is 0. The third kappa shape index (κ3) is 6.72. The first-order valence-corrected chi connectivity index (χ1v) is 24.0. The highest BCUT2D eigenvalue weighted by molar-refractivity contribution is 6.24. The zero-order valence-electron chi connectivity index (χ0n) is 38.2. The number of furan rings is 1. The van der Waals surface area contributed by atoms with Crippen LogP contribution in [0, 0.1) is 0 Å². The molecule has 0 aliphatic heterocycles. The Kier molecular flexibility index (Phi) is 9.25. The molecular formula is C68H43NO. The summed E-state index contributed by atoms with van der Waals surface area (Å²) in [6.45, 7) is 0. The minimum Gasteiger partial charge on any atom is -0.453 e. The molecule has 0 fully saturated rings. The van der Waals surface area contributed by atoms with E-state index in [0.717, 1.165) is 66.5 Å². The molecule has 0 aliphatic carbocycles. The largest absolute Gasteiger partial charge is 0.453 e. The van der Waals surface area contributed by atoms with Crippen LogP contribution in [-0.2, 0) is 0 Å². The fourth-order valence-electron chi connectivity index (χ4n) is 10.9. The second-order valence-corrected chi connectivity index (χ2v) is 18.5. The monoisotopic (exact) mass is 889 g/mol. The van der Waals surface area contributed by atoms with Gasteiger partial charge in [0.05, 0.1) is 5.69 Å². The molecule has 2 nitrogen and oxygen atoms in total. The van der Waals surface area contributed by atoms with Crippen LogP contribution in [0.1, 0.15) is 0 Å². The standard InChI is InChI=1S/C68H43NO/c1-2-13-48(14-3-1)63-22-11-23-64-66-62-20-9-7-17-55(62)43-65(68(66)70-67(63)64)69(59-37-34-46-25-31-56(41-57(46)42-59)61-21-10-18-47-15-6-8-19-60(47)61)58-35-32-45(33-36-58)50-27-28-53-40-54(30-29-52(53)39-50)51-26-24-44-12-4-5-16-49(44)38-51/h1-43H. The molecule has 14 rings (SSSR count). The summed E-state index contributed by atoms with van der Waals surface area (Å²) in [6, 6.07) is 95.0. The highest BCUT2D eigenvalue weighted by Gasteiger charge is 2.24. The van der Waals surface area contributed by atoms with Gasteiger partial charge in [0.25, 0.3) is 0 Å². The Morgan fingerprint density at radius 3 is 1.51 bits per heavy atom. The van der Waals surface area contributed by atoms with Crippen molar-refractivity contribution < 1.29 is 4.42 Å². The molecule has 0 atom stereocenters. The van der Waals surface area contributed by atoms with Crippen molar-refractivity contribution in [3.05, 3.63) is 261 Å². The highest BCUT2D eigenvalue weighted by atomic mass is 16.3. The van der Waals surface area contributed by atoms with E-state index in [9.17, 15) is 0 Å². The first kappa shape index (κ1) is 39.9. The summed E-state index contributed by atoms with van der Waals surface area (Å²) in [5.41, 5.74) is 14.2. The second kappa shape index (κ2) is 16.2. The lowest BCUT2D eigenvalue weighted by Crippen LogP contribution is -2.10. The zero-order valence-corrected chi connectivity index (χ0v) is 38.2. The Hall–Kier alpha value is -9.24. The lowest BCUT2D eigenvalue weighted by molar-refractivity contribution is 0.670. The van der Waals surface area contributed by atoms with Crippen molar-refractivity contribution in [2.24, 2.45) is 0 Å². The van der Waals surface area contributed by atoms with Crippen LogP contribution in [0.15, 0.2) is 265 Å². The lowest BCUT2D eigenvalue weighted by atomic mass is 9.95. The van der Waals surface area contributed by atoms with Gasteiger partial charge in [-0.3, -0.25) is 0 Å². The van der Waals surface area contributed by atoms with Crippen molar-refractivity contribution in [1.29, 1.82) is 0 Å². The van der Waals surface area contributed by atoms with Crippen molar-refractivity contribution in [2.75, 3.05) is 4.90 Å². The van der Waals surface area contributed by atoms with E-state index in [2.05, 4.69) is 266 Å². The van der Waals surface area contributed by atoms with Crippen LogP contribution in [0.4, 0.5) is 17.1 Å². The summed E-state index contributed by atoms with van der Waals surface area (Å²) in [6.07, 6.45) is 0. The maximum absolute atomic E-state index is 7.25. The summed E-state index contributed by atoms with van der Waals surface area (Å²) in [7, 11) is 0. The van der Waals surface area contributed by atoms with Gasteiger partial charge < -0.3 is 9.32 Å². The quantitative estimate of drug-likeness (QED) is 0.159. The van der Waals surface area contributed by atoms with Crippen molar-refractivity contribution in [2.45, 2.75) is 0 Å². The Morgan fingerprint density at radius 2 is 0.743 bits per heavy atom. The Labute approximate surface area is 405 Å². The predicted molar refractivity (Wildman–Crippen MR) is 298 cm³/mol. The smallest absolute Gasteiger partial charge is 0.160 e. The number of hydrogen-bond acceptors (Lipinski definition) is 2. The molecule has 0 aliphatic rings. The molecule has 0 unspecified atom stereocenters. The van der Waals surface area contributed by atoms with E-state index in [1.807, 2.05) is 0 Å². The average Bonchev–Trinajstić information content (AvgIpc) is 3.83. The van der Waals surface area contributed by atoms with Gasteiger partial charge in [-0.2, -0.15) is 0 Å². The predicted octanol–water partition coefficient (Wildman–Crippen LogP) is 19.5. The van der Waals surface area contributed by atoms with Gasteiger partial charge in [-0.25, -0.2) is 0 Å². The van der Waals surface area contributed by atoms with Crippen LogP contribution in [0.2, 0.25) is 0 Å². The number of para-hydroxylation sites is 1. The molecule has 2 heteroatoms. The SMILES string of the molecule is c1ccc(-c2cccc3c2oc2c(N(c4ccc(-c5ccc6cc(-c7ccc8ccccc8c7)ccc6c5)cc4)c4ccc5ccc(-c6cccc7ccccc67)cc5c4)cc4ccccc4c23)cc1. The molecule has 1 heterocycles. The molecule has 14 aromatic rings. The number of benzene rings is 13. The van der Waals surface area contributed by atoms with Gasteiger partial charge in [-0.1, -0.05) is 206 Å². The van der Waals surface area contributed by atoms with Crippen LogP contribution in [0.25, 0.3) is 120 Å². The van der Waals surface area contributed by atoms with Crippen molar-refractivity contribution >= 4 is 92.9 Å². The molecule has 0 bridgehead atoms. The van der Waals surface area contributed by atoms with E-state index in [1.165, 1.54) is 70.9 Å². The maximum atomic E-state index is 7.25. The third-order valence-electron chi connectivity index (χ3n) is 14.4. The Morgan fingerprint density at radius 1 is 0.243 bits per heavy atom. The summed E-state index contributed by atoms with van der Waals surface area (Å²) in [4.78, 5) is 2.39. The van der Waals surface area contributed by atoms with Gasteiger partial charge in [0.1, 0.15) is 5.58 Å². The molecule has 0 saturated heterocycles. The highest BCUT2D eigenvalue weighted by Crippen LogP contribution is 2.48. The van der Waals surface area contributed by atoms with Crippen LogP contribution < -0.4 is 4.90 Å². The van der Waals surface area contributed by atoms with E-state index < -0.39 is 0 Å². The van der Waals surface area contributed by atoms with E-state index in [0.29, 0.717) is 0 Å². The van der Waals surface area contributed by atoms with Crippen molar-refractivity contribution in [1.82, 2.24) is 0 Å². The average molecular weight is 890 g/mol. The van der Waals surface area contributed by atoms with E-state index in [-0.39, 0.29) is 0 Å². The van der Waals surface area contributed by atoms with Gasteiger partial charge in [0.2, 0.25) is 0 Å². The zero-order chi connectivity index (χ0) is 46.1. The van der Waals surface area contributed by atoms with Gasteiger partial charge in [0.15, 0.2) is 5.58 Å². The van der Waals surface area contributed by atoms with E-state index in [1.54, 1.807) is 0 Å². The van der Waals surface area contributed by atoms with Gasteiger partial charge in [-0.05, 0) is 147 Å². The first-order valence-electron chi connectivity index (χ1n) is 24.0. The Balaban J connectivity index is 0.927. The van der Waals surface area contributed by atoms with Crippen LogP contribution >= 0.6 is 0 Å². The number of fused-ring (bicyclic) bond motifs is 9. The molecule has 0 spiro atoms. The fourth-order valence-corrected chi connectivity index (χ4v) is 10.9. The molecule has 326 valence electrons. The molecule has 0 amide bonds. The number of hydrogen-bond donors (Lipinski definition) is 0. The summed E-state index contributed by atoms with van der Waals surface area (Å²) in [5, 5.41) is 14.3. The number of anilines is 3. The van der Waals surface area contributed by atoms with Crippen LogP contribution in [-0.4, -0.2) is 0 Å². The number of nitrogens with zero attached hydrogens (tertiary/aromatic N) is 1. The molecular weight excluding hydrogens is 847 g/mol. The lowest BCUT2D eigenvalue weighted by Gasteiger charge is -2.27. The topological polar surface area (TPSA) is 16.4 Å². The van der Waals surface area contributed by atoms with Gasteiger partial charge >= 0.3 is 0 Å². The van der Waals surface area contributed by atoms with Crippen LogP contribution in [0.3, 0.4) is 0 Å². The maximum Gasteiger partial charge on any atom is 0.160 e. The summed E-state index contributed by atoms with van der Waals surface area (Å²) >= 11 is 0. The normalized spacial score (nSPS) is 11.7. The van der Waals surface area contributed by atoms with Gasteiger partial charge in [0, 0.05) is 27.7 Å². The molecule has 13 aromatic carbocycles. The van der Waals surface area contributed by atoms with Crippen LogP contribution in [0.5, 0.6) is 0 Å². The Bertz CT molecular complexity index is 4350. The molecule has 0 saturated carbocycles. The molecule has 0 N–H and O–H groups in total. The minimum atomic E-state index is 0.850. The third-order valence-corrected chi connectivity index (χ3v) is 14.4. The van der Waals surface area contributed by atoms with Gasteiger partial charge in [-0.15, -0.1) is 0 Å². The van der Waals surface area contributed by atoms with E-state index >= 15 is 0 Å². The van der Waals surface area contributed by atoms with E-state index in [4.69, 9.17) is 4.42 Å².